The van der Waals surface area contributed by atoms with E-state index in [-0.39, 0.29) is 0 Å². The maximum atomic E-state index is 3.73. The summed E-state index contributed by atoms with van der Waals surface area (Å²) in [5, 5.41) is 2.64. The van der Waals surface area contributed by atoms with Gasteiger partial charge in [0.1, 0.15) is 0 Å². The fourth-order valence-electron chi connectivity index (χ4n) is 2.63. The third-order valence-corrected chi connectivity index (χ3v) is 5.37. The molecule has 0 N–H and O–H groups in total. The number of fused-ring (bicyclic) bond motifs is 3. The second-order valence-corrected chi connectivity index (χ2v) is 6.93. The maximum absolute atomic E-state index is 3.73. The molecule has 1 heterocycles. The Hall–Kier alpha value is -0.800. The van der Waals surface area contributed by atoms with Gasteiger partial charge in [0.15, 0.2) is 0 Å². The molecular weight excluding hydrogens is 366 g/mol. The SMILES string of the molecule is CC(C)Cn1c2ccccc2c2ccc(Br)c(Br)c21. The van der Waals surface area contributed by atoms with Crippen molar-refractivity contribution in [2.75, 3.05) is 0 Å². The number of hydrogen-bond acceptors (Lipinski definition) is 0. The van der Waals surface area contributed by atoms with Crippen molar-refractivity contribution in [2.24, 2.45) is 5.92 Å². The van der Waals surface area contributed by atoms with E-state index in [4.69, 9.17) is 0 Å². The Balaban J connectivity index is 2.49. The summed E-state index contributed by atoms with van der Waals surface area (Å²) in [6.45, 7) is 5.54. The number of nitrogens with zero attached hydrogens (tertiary/aromatic N) is 1. The lowest BCUT2D eigenvalue weighted by Crippen LogP contribution is -2.04. The molecule has 0 saturated heterocycles. The van der Waals surface area contributed by atoms with Gasteiger partial charge in [-0.05, 0) is 49.9 Å². The first-order valence-corrected chi connectivity index (χ1v) is 8.03. The smallest absolute Gasteiger partial charge is 0.0647 e. The Morgan fingerprint density at radius 2 is 1.74 bits per heavy atom. The minimum Gasteiger partial charge on any atom is -0.339 e. The summed E-state index contributed by atoms with van der Waals surface area (Å²) < 4.78 is 4.67. The van der Waals surface area contributed by atoms with Crippen LogP contribution in [0.5, 0.6) is 0 Å². The Kier molecular flexibility index (Phi) is 3.44. The molecule has 98 valence electrons. The van der Waals surface area contributed by atoms with Gasteiger partial charge in [-0.3, -0.25) is 0 Å². The molecule has 3 rings (SSSR count). The lowest BCUT2D eigenvalue weighted by atomic mass is 10.2. The van der Waals surface area contributed by atoms with Crippen molar-refractivity contribution in [3.8, 4) is 0 Å². The Bertz CT molecular complexity index is 756. The molecular formula is C16H15Br2N. The number of para-hydroxylation sites is 1. The van der Waals surface area contributed by atoms with E-state index in [0.29, 0.717) is 5.92 Å². The summed E-state index contributed by atoms with van der Waals surface area (Å²) in [5.41, 5.74) is 2.59. The monoisotopic (exact) mass is 379 g/mol. The van der Waals surface area contributed by atoms with Gasteiger partial charge in [-0.1, -0.05) is 38.1 Å². The minimum atomic E-state index is 0.616. The molecule has 0 bridgehead atoms. The first kappa shape index (κ1) is 13.2. The zero-order valence-electron chi connectivity index (χ0n) is 11.0. The predicted octanol–water partition coefficient (Wildman–Crippen LogP) is 5.98. The van der Waals surface area contributed by atoms with Crippen molar-refractivity contribution >= 4 is 53.7 Å². The van der Waals surface area contributed by atoms with Gasteiger partial charge in [-0.25, -0.2) is 0 Å². The molecule has 0 atom stereocenters. The molecule has 0 aliphatic heterocycles. The van der Waals surface area contributed by atoms with E-state index < -0.39 is 0 Å². The van der Waals surface area contributed by atoms with E-state index in [2.05, 4.69) is 86.7 Å². The van der Waals surface area contributed by atoms with Crippen LogP contribution in [0.15, 0.2) is 45.3 Å². The molecule has 0 radical (unpaired) electrons. The van der Waals surface area contributed by atoms with Crippen LogP contribution in [0.2, 0.25) is 0 Å². The molecule has 0 fully saturated rings. The van der Waals surface area contributed by atoms with Crippen molar-refractivity contribution in [1.29, 1.82) is 0 Å². The highest BCUT2D eigenvalue weighted by Crippen LogP contribution is 2.37. The summed E-state index contributed by atoms with van der Waals surface area (Å²) >= 11 is 7.35. The summed E-state index contributed by atoms with van der Waals surface area (Å²) in [7, 11) is 0. The average molecular weight is 381 g/mol. The summed E-state index contributed by atoms with van der Waals surface area (Å²) in [4.78, 5) is 0. The fourth-order valence-corrected chi connectivity index (χ4v) is 3.51. The summed E-state index contributed by atoms with van der Waals surface area (Å²) in [5.74, 6) is 0.616. The van der Waals surface area contributed by atoms with Crippen LogP contribution in [0.1, 0.15) is 13.8 Å². The third-order valence-electron chi connectivity index (χ3n) is 3.37. The molecule has 0 aliphatic carbocycles. The zero-order valence-corrected chi connectivity index (χ0v) is 14.1. The van der Waals surface area contributed by atoms with E-state index in [1.54, 1.807) is 0 Å². The van der Waals surface area contributed by atoms with Gasteiger partial charge in [0.05, 0.1) is 9.99 Å². The van der Waals surface area contributed by atoms with Gasteiger partial charge in [0.2, 0.25) is 0 Å². The Morgan fingerprint density at radius 3 is 2.47 bits per heavy atom. The van der Waals surface area contributed by atoms with Crippen LogP contribution in [0.25, 0.3) is 21.8 Å². The molecule has 0 unspecified atom stereocenters. The molecule has 0 aliphatic rings. The van der Waals surface area contributed by atoms with Crippen LogP contribution < -0.4 is 0 Å². The van der Waals surface area contributed by atoms with Crippen molar-refractivity contribution in [3.63, 3.8) is 0 Å². The lowest BCUT2D eigenvalue weighted by molar-refractivity contribution is 0.545. The lowest BCUT2D eigenvalue weighted by Gasteiger charge is -2.11. The minimum absolute atomic E-state index is 0.616. The van der Waals surface area contributed by atoms with Gasteiger partial charge < -0.3 is 4.57 Å². The van der Waals surface area contributed by atoms with Crippen molar-refractivity contribution in [1.82, 2.24) is 4.57 Å². The summed E-state index contributed by atoms with van der Waals surface area (Å²) in [6, 6.07) is 12.9. The molecule has 19 heavy (non-hydrogen) atoms. The molecule has 3 aromatic rings. The van der Waals surface area contributed by atoms with Crippen molar-refractivity contribution in [3.05, 3.63) is 45.3 Å². The van der Waals surface area contributed by atoms with Gasteiger partial charge in [-0.15, -0.1) is 0 Å². The molecule has 2 aromatic carbocycles. The van der Waals surface area contributed by atoms with Gasteiger partial charge in [0.25, 0.3) is 0 Å². The molecule has 3 heteroatoms. The maximum Gasteiger partial charge on any atom is 0.0647 e. The van der Waals surface area contributed by atoms with Crippen LogP contribution in [-0.4, -0.2) is 4.57 Å². The first-order valence-electron chi connectivity index (χ1n) is 6.44. The molecule has 0 spiro atoms. The van der Waals surface area contributed by atoms with Crippen LogP contribution in [0.4, 0.5) is 0 Å². The highest BCUT2D eigenvalue weighted by Gasteiger charge is 2.15. The normalized spacial score (nSPS) is 11.8. The number of benzene rings is 2. The first-order chi connectivity index (χ1) is 9.09. The molecule has 0 amide bonds. The van der Waals surface area contributed by atoms with E-state index in [1.807, 2.05) is 0 Å². The number of aromatic nitrogens is 1. The average Bonchev–Trinajstić information content (AvgIpc) is 2.69. The second kappa shape index (κ2) is 4.95. The highest BCUT2D eigenvalue weighted by molar-refractivity contribution is 9.13. The zero-order chi connectivity index (χ0) is 13.6. The van der Waals surface area contributed by atoms with Crippen LogP contribution >= 0.6 is 31.9 Å². The standard InChI is InChI=1S/C16H15Br2N/c1-10(2)9-19-14-6-4-3-5-11(14)12-7-8-13(17)15(18)16(12)19/h3-8,10H,9H2,1-2H3. The molecule has 1 nitrogen and oxygen atoms in total. The highest BCUT2D eigenvalue weighted by atomic mass is 79.9. The van der Waals surface area contributed by atoms with Gasteiger partial charge >= 0.3 is 0 Å². The van der Waals surface area contributed by atoms with Crippen LogP contribution in [-0.2, 0) is 6.54 Å². The van der Waals surface area contributed by atoms with E-state index in [9.17, 15) is 0 Å². The quantitative estimate of drug-likeness (QED) is 0.515. The van der Waals surface area contributed by atoms with Crippen molar-refractivity contribution < 1.29 is 0 Å². The molecule has 1 aromatic heterocycles. The largest absolute Gasteiger partial charge is 0.339 e. The fraction of sp³-hybridized carbons (Fsp3) is 0.250. The Morgan fingerprint density at radius 1 is 1.00 bits per heavy atom. The second-order valence-electron chi connectivity index (χ2n) is 5.28. The van der Waals surface area contributed by atoms with Gasteiger partial charge in [-0.2, -0.15) is 0 Å². The topological polar surface area (TPSA) is 4.93 Å². The van der Waals surface area contributed by atoms with Crippen LogP contribution in [0, 0.1) is 5.92 Å². The van der Waals surface area contributed by atoms with E-state index in [0.717, 1.165) is 15.5 Å². The van der Waals surface area contributed by atoms with Gasteiger partial charge in [0, 0.05) is 27.3 Å². The number of hydrogen-bond donors (Lipinski definition) is 0. The van der Waals surface area contributed by atoms with E-state index >= 15 is 0 Å². The predicted molar refractivity (Wildman–Crippen MR) is 89.7 cm³/mol. The molecule has 0 saturated carbocycles. The van der Waals surface area contributed by atoms with E-state index in [1.165, 1.54) is 21.8 Å². The number of rotatable bonds is 2. The Labute approximate surface area is 129 Å². The van der Waals surface area contributed by atoms with Crippen molar-refractivity contribution in [2.45, 2.75) is 20.4 Å². The summed E-state index contributed by atoms with van der Waals surface area (Å²) in [6.07, 6.45) is 0. The number of halogens is 2. The third kappa shape index (κ3) is 2.13. The van der Waals surface area contributed by atoms with Crippen LogP contribution in [0.3, 0.4) is 0 Å².